The van der Waals surface area contributed by atoms with Crippen molar-refractivity contribution in [2.24, 2.45) is 0 Å². The van der Waals surface area contributed by atoms with Crippen LogP contribution in [0.2, 0.25) is 0 Å². The number of hydrogen-bond acceptors (Lipinski definition) is 6. The Labute approximate surface area is 234 Å². The van der Waals surface area contributed by atoms with Crippen molar-refractivity contribution in [3.05, 3.63) is 84.2 Å². The summed E-state index contributed by atoms with van der Waals surface area (Å²) < 4.78 is 52.6. The smallest absolute Gasteiger partial charge is 0.264 e. The monoisotopic (exact) mass is 571 g/mol. The van der Waals surface area contributed by atoms with Gasteiger partial charge in [-0.1, -0.05) is 19.1 Å². The van der Waals surface area contributed by atoms with E-state index < -0.39 is 34.3 Å². The van der Waals surface area contributed by atoms with Gasteiger partial charge in [-0.25, -0.2) is 12.8 Å². The van der Waals surface area contributed by atoms with Crippen LogP contribution in [0.15, 0.2) is 77.7 Å². The Balaban J connectivity index is 2.02. The maximum Gasteiger partial charge on any atom is 0.264 e. The average molecular weight is 572 g/mol. The summed E-state index contributed by atoms with van der Waals surface area (Å²) in [5.41, 5.74) is 0.782. The first-order valence-electron chi connectivity index (χ1n) is 12.7. The van der Waals surface area contributed by atoms with Crippen molar-refractivity contribution in [2.75, 3.05) is 31.6 Å². The lowest BCUT2D eigenvalue weighted by Gasteiger charge is -2.32. The molecular weight excluding hydrogens is 537 g/mol. The maximum atomic E-state index is 13.9. The van der Waals surface area contributed by atoms with E-state index in [4.69, 9.17) is 9.47 Å². The summed E-state index contributed by atoms with van der Waals surface area (Å²) in [6.45, 7) is 3.32. The first kappa shape index (κ1) is 30.4. The minimum absolute atomic E-state index is 0.0244. The molecule has 0 saturated carbocycles. The molecule has 1 atom stereocenters. The van der Waals surface area contributed by atoms with Gasteiger partial charge in [-0.15, -0.1) is 0 Å². The number of methoxy groups -OCH3 is 2. The first-order valence-corrected chi connectivity index (χ1v) is 14.2. The molecule has 2 amide bonds. The van der Waals surface area contributed by atoms with Crippen LogP contribution in [0.3, 0.4) is 0 Å². The number of amides is 2. The van der Waals surface area contributed by atoms with Crippen LogP contribution in [0.1, 0.15) is 25.8 Å². The number of carbonyl (C=O) groups is 2. The fraction of sp³-hybridized carbons (Fsp3) is 0.310. The number of ether oxygens (including phenoxy) is 2. The van der Waals surface area contributed by atoms with E-state index in [1.165, 1.54) is 55.5 Å². The molecule has 214 valence electrons. The van der Waals surface area contributed by atoms with E-state index >= 15 is 0 Å². The molecule has 0 spiro atoms. The number of rotatable bonds is 13. The molecule has 0 aliphatic rings. The number of anilines is 1. The van der Waals surface area contributed by atoms with Crippen LogP contribution in [0.4, 0.5) is 10.1 Å². The number of carbonyl (C=O) groups excluding carboxylic acids is 2. The molecule has 0 aliphatic carbocycles. The van der Waals surface area contributed by atoms with Crippen LogP contribution in [0.5, 0.6) is 11.5 Å². The molecule has 11 heteroatoms. The third-order valence-electron chi connectivity index (χ3n) is 6.24. The fourth-order valence-electron chi connectivity index (χ4n) is 3.96. The average Bonchev–Trinajstić information content (AvgIpc) is 2.97. The second-order valence-electron chi connectivity index (χ2n) is 9.00. The molecular formula is C29H34FN3O6S. The van der Waals surface area contributed by atoms with Crippen LogP contribution in [0.25, 0.3) is 0 Å². The normalized spacial score (nSPS) is 11.8. The molecule has 0 heterocycles. The number of sulfonamides is 1. The molecule has 1 unspecified atom stereocenters. The number of nitrogens with one attached hydrogen (secondary N) is 1. The highest BCUT2D eigenvalue weighted by Crippen LogP contribution is 2.26. The molecule has 3 aromatic carbocycles. The zero-order valence-electron chi connectivity index (χ0n) is 23.0. The minimum atomic E-state index is -4.28. The predicted molar refractivity (Wildman–Crippen MR) is 150 cm³/mol. The Kier molecular flexibility index (Phi) is 10.5. The SMILES string of the molecule is CCCNC(=O)C(C)N(Cc1cccc(OC)c1)C(=O)CN(c1ccc(F)cc1)S(=O)(=O)c1ccc(OC)cc1. The van der Waals surface area contributed by atoms with Crippen molar-refractivity contribution >= 4 is 27.5 Å². The fourth-order valence-corrected chi connectivity index (χ4v) is 5.37. The van der Waals surface area contributed by atoms with Crippen molar-refractivity contribution in [1.82, 2.24) is 10.2 Å². The Morgan fingerprint density at radius 2 is 1.60 bits per heavy atom. The summed E-state index contributed by atoms with van der Waals surface area (Å²) in [5.74, 6) is -0.520. The van der Waals surface area contributed by atoms with E-state index in [0.717, 1.165) is 16.4 Å². The molecule has 0 radical (unpaired) electrons. The molecule has 40 heavy (non-hydrogen) atoms. The van der Waals surface area contributed by atoms with Crippen molar-refractivity contribution < 1.29 is 31.9 Å². The van der Waals surface area contributed by atoms with Crippen LogP contribution in [-0.2, 0) is 26.2 Å². The molecule has 0 saturated heterocycles. The van der Waals surface area contributed by atoms with Gasteiger partial charge in [0.25, 0.3) is 10.0 Å². The zero-order chi connectivity index (χ0) is 29.3. The first-order chi connectivity index (χ1) is 19.1. The lowest BCUT2D eigenvalue weighted by molar-refractivity contribution is -0.139. The van der Waals surface area contributed by atoms with E-state index in [-0.39, 0.29) is 23.0 Å². The summed E-state index contributed by atoms with van der Waals surface area (Å²) >= 11 is 0. The quantitative estimate of drug-likeness (QED) is 0.333. The molecule has 3 rings (SSSR count). The summed E-state index contributed by atoms with van der Waals surface area (Å²) in [6.07, 6.45) is 0.709. The standard InChI is InChI=1S/C29H34FN3O6S/c1-5-17-31-29(35)21(2)32(19-22-7-6-8-26(18-22)39-4)28(34)20-33(24-11-9-23(30)10-12-24)40(36,37)27-15-13-25(38-3)14-16-27/h6-16,18,21H,5,17,19-20H2,1-4H3,(H,31,35). The molecule has 0 fully saturated rings. The summed E-state index contributed by atoms with van der Waals surface area (Å²) in [6, 6.07) is 16.6. The third kappa shape index (κ3) is 7.50. The highest BCUT2D eigenvalue weighted by molar-refractivity contribution is 7.92. The molecule has 0 aliphatic heterocycles. The van der Waals surface area contributed by atoms with Crippen LogP contribution in [0, 0.1) is 5.82 Å². The van der Waals surface area contributed by atoms with Crippen LogP contribution < -0.4 is 19.1 Å². The van der Waals surface area contributed by atoms with E-state index in [1.54, 1.807) is 31.2 Å². The van der Waals surface area contributed by atoms with Crippen molar-refractivity contribution in [3.63, 3.8) is 0 Å². The van der Waals surface area contributed by atoms with E-state index in [9.17, 15) is 22.4 Å². The van der Waals surface area contributed by atoms with Crippen molar-refractivity contribution in [2.45, 2.75) is 37.8 Å². The van der Waals surface area contributed by atoms with E-state index in [0.29, 0.717) is 30.0 Å². The maximum absolute atomic E-state index is 13.9. The van der Waals surface area contributed by atoms with Crippen LogP contribution in [-0.4, -0.2) is 58.5 Å². The highest BCUT2D eigenvalue weighted by atomic mass is 32.2. The number of nitrogens with zero attached hydrogens (tertiary/aromatic N) is 2. The lowest BCUT2D eigenvalue weighted by Crippen LogP contribution is -2.51. The predicted octanol–water partition coefficient (Wildman–Crippen LogP) is 3.98. The van der Waals surface area contributed by atoms with Crippen molar-refractivity contribution in [1.29, 1.82) is 0 Å². The molecule has 0 aromatic heterocycles. The van der Waals surface area contributed by atoms with E-state index in [2.05, 4.69) is 5.32 Å². The summed E-state index contributed by atoms with van der Waals surface area (Å²) in [5, 5.41) is 2.79. The van der Waals surface area contributed by atoms with Crippen LogP contribution >= 0.6 is 0 Å². The van der Waals surface area contributed by atoms with Gasteiger partial charge in [0.2, 0.25) is 11.8 Å². The molecule has 1 N–H and O–H groups in total. The summed E-state index contributed by atoms with van der Waals surface area (Å²) in [7, 11) is -1.30. The number of benzene rings is 3. The molecule has 0 bridgehead atoms. The number of halogens is 1. The van der Waals surface area contributed by atoms with Gasteiger partial charge in [-0.3, -0.25) is 13.9 Å². The van der Waals surface area contributed by atoms with Gasteiger partial charge in [0.15, 0.2) is 0 Å². The largest absolute Gasteiger partial charge is 0.497 e. The Morgan fingerprint density at radius 3 is 2.20 bits per heavy atom. The Morgan fingerprint density at radius 1 is 0.950 bits per heavy atom. The Bertz CT molecular complexity index is 1400. The van der Waals surface area contributed by atoms with Gasteiger partial charge < -0.3 is 19.7 Å². The second-order valence-corrected chi connectivity index (χ2v) is 10.9. The van der Waals surface area contributed by atoms with Crippen molar-refractivity contribution in [3.8, 4) is 11.5 Å². The zero-order valence-corrected chi connectivity index (χ0v) is 23.8. The van der Waals surface area contributed by atoms with Gasteiger partial charge in [-0.2, -0.15) is 0 Å². The number of hydrogen-bond donors (Lipinski definition) is 1. The van der Waals surface area contributed by atoms with E-state index in [1.807, 2.05) is 6.92 Å². The topological polar surface area (TPSA) is 105 Å². The molecule has 3 aromatic rings. The molecule has 9 nitrogen and oxygen atoms in total. The Hall–Kier alpha value is -4.12. The third-order valence-corrected chi connectivity index (χ3v) is 8.03. The van der Waals surface area contributed by atoms with Gasteiger partial charge in [-0.05, 0) is 79.6 Å². The minimum Gasteiger partial charge on any atom is -0.497 e. The van der Waals surface area contributed by atoms with Gasteiger partial charge in [0.05, 0.1) is 24.8 Å². The van der Waals surface area contributed by atoms with Gasteiger partial charge in [0, 0.05) is 13.1 Å². The highest BCUT2D eigenvalue weighted by Gasteiger charge is 2.32. The second kappa shape index (κ2) is 13.8. The van der Waals surface area contributed by atoms with Gasteiger partial charge >= 0.3 is 0 Å². The van der Waals surface area contributed by atoms with Gasteiger partial charge in [0.1, 0.15) is 29.9 Å². The lowest BCUT2D eigenvalue weighted by atomic mass is 10.1. The summed E-state index contributed by atoms with van der Waals surface area (Å²) in [4.78, 5) is 28.0.